The fourth-order valence-electron chi connectivity index (χ4n) is 4.52. The first-order valence-corrected chi connectivity index (χ1v) is 8.80. The molecule has 0 spiro atoms. The monoisotopic (exact) mass is 298 g/mol. The number of para-hydroxylation sites is 1. The second-order valence-corrected chi connectivity index (χ2v) is 7.09. The predicted octanol–water partition coefficient (Wildman–Crippen LogP) is 3.17. The highest BCUT2D eigenvalue weighted by Gasteiger charge is 2.30. The summed E-state index contributed by atoms with van der Waals surface area (Å²) in [5.74, 6) is 0.662. The lowest BCUT2D eigenvalue weighted by atomic mass is 9.84. The molecule has 3 nitrogen and oxygen atoms in total. The molecule has 4 rings (SSSR count). The minimum atomic E-state index is 0.274. The zero-order chi connectivity index (χ0) is 14.9. The third-order valence-corrected chi connectivity index (χ3v) is 5.67. The lowest BCUT2D eigenvalue weighted by Crippen LogP contribution is -2.46. The fourth-order valence-corrected chi connectivity index (χ4v) is 4.52. The molecule has 0 saturated heterocycles. The Morgan fingerprint density at radius 1 is 1.14 bits per heavy atom. The van der Waals surface area contributed by atoms with Gasteiger partial charge in [0.15, 0.2) is 0 Å². The van der Waals surface area contributed by atoms with Crippen molar-refractivity contribution in [3.8, 4) is 0 Å². The van der Waals surface area contributed by atoms with Crippen LogP contribution in [0.3, 0.4) is 0 Å². The molecule has 2 atom stereocenters. The van der Waals surface area contributed by atoms with Crippen molar-refractivity contribution in [3.63, 3.8) is 0 Å². The van der Waals surface area contributed by atoms with Crippen molar-refractivity contribution in [1.82, 2.24) is 10.3 Å². The number of hydrogen-bond donors (Lipinski definition) is 3. The van der Waals surface area contributed by atoms with Gasteiger partial charge in [0.25, 0.3) is 0 Å². The van der Waals surface area contributed by atoms with E-state index in [0.29, 0.717) is 12.0 Å². The zero-order valence-electron chi connectivity index (χ0n) is 13.1. The fraction of sp³-hybridized carbons (Fsp3) is 0.579. The van der Waals surface area contributed by atoms with E-state index in [1.807, 2.05) is 0 Å². The zero-order valence-corrected chi connectivity index (χ0v) is 13.1. The highest BCUT2D eigenvalue weighted by atomic mass is 16.3. The van der Waals surface area contributed by atoms with Gasteiger partial charge in [0.2, 0.25) is 0 Å². The van der Waals surface area contributed by atoms with Crippen molar-refractivity contribution in [2.75, 3.05) is 6.61 Å². The van der Waals surface area contributed by atoms with Gasteiger partial charge in [-0.25, -0.2) is 0 Å². The molecule has 118 valence electrons. The minimum Gasteiger partial charge on any atom is -0.395 e. The summed E-state index contributed by atoms with van der Waals surface area (Å²) in [6, 6.07) is 9.35. The van der Waals surface area contributed by atoms with Crippen molar-refractivity contribution in [1.29, 1.82) is 0 Å². The van der Waals surface area contributed by atoms with E-state index in [-0.39, 0.29) is 12.6 Å². The Hall–Kier alpha value is -1.32. The van der Waals surface area contributed by atoms with E-state index in [0.717, 1.165) is 12.8 Å². The first kappa shape index (κ1) is 14.3. The number of fused-ring (bicyclic) bond motifs is 3. The molecule has 1 aromatic carbocycles. The Bertz CT molecular complexity index is 642. The van der Waals surface area contributed by atoms with Crippen molar-refractivity contribution in [2.24, 2.45) is 5.92 Å². The number of nitrogens with one attached hydrogen (secondary N) is 2. The highest BCUT2D eigenvalue weighted by molar-refractivity contribution is 5.85. The SMILES string of the molecule is OCC(NC1Cc2[nH]c3ccccc3c2C1)C1CCCCC1. The normalized spacial score (nSPS) is 23.8. The number of aromatic nitrogens is 1. The van der Waals surface area contributed by atoms with E-state index in [2.05, 4.69) is 34.6 Å². The van der Waals surface area contributed by atoms with E-state index >= 15 is 0 Å². The molecule has 2 aliphatic carbocycles. The first-order chi connectivity index (χ1) is 10.8. The molecule has 3 heteroatoms. The molecule has 1 heterocycles. The summed E-state index contributed by atoms with van der Waals surface area (Å²) in [6.45, 7) is 0.274. The maximum atomic E-state index is 9.81. The van der Waals surface area contributed by atoms with E-state index in [4.69, 9.17) is 0 Å². The Morgan fingerprint density at radius 3 is 2.77 bits per heavy atom. The molecule has 22 heavy (non-hydrogen) atoms. The second kappa shape index (κ2) is 6.05. The largest absolute Gasteiger partial charge is 0.395 e. The second-order valence-electron chi connectivity index (χ2n) is 7.09. The number of aliphatic hydroxyl groups is 1. The van der Waals surface area contributed by atoms with Crippen LogP contribution in [0, 0.1) is 5.92 Å². The lowest BCUT2D eigenvalue weighted by molar-refractivity contribution is 0.161. The van der Waals surface area contributed by atoms with Crippen LogP contribution >= 0.6 is 0 Å². The maximum Gasteiger partial charge on any atom is 0.0587 e. The molecular formula is C19H26N2O. The predicted molar refractivity (Wildman–Crippen MR) is 90.1 cm³/mol. The van der Waals surface area contributed by atoms with Gasteiger partial charge in [-0.2, -0.15) is 0 Å². The Labute approximate surface area is 132 Å². The van der Waals surface area contributed by atoms with Crippen LogP contribution in [0.15, 0.2) is 24.3 Å². The van der Waals surface area contributed by atoms with E-state index < -0.39 is 0 Å². The van der Waals surface area contributed by atoms with Crippen LogP contribution in [0.1, 0.15) is 43.4 Å². The summed E-state index contributed by atoms with van der Waals surface area (Å²) in [7, 11) is 0. The van der Waals surface area contributed by atoms with Gasteiger partial charge in [-0.05, 0) is 36.8 Å². The minimum absolute atomic E-state index is 0.274. The van der Waals surface area contributed by atoms with Crippen LogP contribution in [-0.2, 0) is 12.8 Å². The summed E-state index contributed by atoms with van der Waals surface area (Å²) < 4.78 is 0. The molecule has 0 amide bonds. The van der Waals surface area contributed by atoms with Gasteiger partial charge in [0.05, 0.1) is 6.61 Å². The number of rotatable bonds is 4. The van der Waals surface area contributed by atoms with Crippen molar-refractivity contribution in [2.45, 2.75) is 57.0 Å². The van der Waals surface area contributed by atoms with E-state index in [1.54, 1.807) is 0 Å². The molecule has 1 fully saturated rings. The van der Waals surface area contributed by atoms with Crippen LogP contribution in [0.5, 0.6) is 0 Å². The molecule has 2 aromatic rings. The lowest BCUT2D eigenvalue weighted by Gasteiger charge is -2.32. The Morgan fingerprint density at radius 2 is 1.95 bits per heavy atom. The summed E-state index contributed by atoms with van der Waals surface area (Å²) in [5, 5.41) is 14.9. The smallest absolute Gasteiger partial charge is 0.0587 e. The van der Waals surface area contributed by atoms with Crippen LogP contribution in [-0.4, -0.2) is 28.8 Å². The third kappa shape index (κ3) is 2.57. The van der Waals surface area contributed by atoms with Gasteiger partial charge >= 0.3 is 0 Å². The third-order valence-electron chi connectivity index (χ3n) is 5.67. The first-order valence-electron chi connectivity index (χ1n) is 8.80. The van der Waals surface area contributed by atoms with Crippen molar-refractivity contribution >= 4 is 10.9 Å². The van der Waals surface area contributed by atoms with Crippen molar-refractivity contribution in [3.05, 3.63) is 35.5 Å². The Balaban J connectivity index is 1.46. The number of benzene rings is 1. The highest BCUT2D eigenvalue weighted by Crippen LogP contribution is 2.31. The molecule has 1 aromatic heterocycles. The summed E-state index contributed by atoms with van der Waals surface area (Å²) in [5.41, 5.74) is 4.13. The standard InChI is InChI=1S/C19H26N2O/c22-12-19(13-6-2-1-3-7-13)20-14-10-16-15-8-4-5-9-17(15)21-18(16)11-14/h4-5,8-9,13-14,19-22H,1-3,6-7,10-12H2. The van der Waals surface area contributed by atoms with Crippen molar-refractivity contribution < 1.29 is 5.11 Å². The van der Waals surface area contributed by atoms with Gasteiger partial charge in [0.1, 0.15) is 0 Å². The summed E-state index contributed by atoms with van der Waals surface area (Å²) in [6.07, 6.45) is 8.73. The summed E-state index contributed by atoms with van der Waals surface area (Å²) >= 11 is 0. The molecule has 2 unspecified atom stereocenters. The molecular weight excluding hydrogens is 272 g/mol. The van der Waals surface area contributed by atoms with E-state index in [1.165, 1.54) is 54.3 Å². The van der Waals surface area contributed by atoms with Gasteiger partial charge in [-0.3, -0.25) is 0 Å². The van der Waals surface area contributed by atoms with Gasteiger partial charge in [-0.1, -0.05) is 37.5 Å². The number of hydrogen-bond acceptors (Lipinski definition) is 2. The van der Waals surface area contributed by atoms with Crippen LogP contribution in [0.2, 0.25) is 0 Å². The number of H-pyrrole nitrogens is 1. The van der Waals surface area contributed by atoms with Gasteiger partial charge < -0.3 is 15.4 Å². The van der Waals surface area contributed by atoms with Gasteiger partial charge in [0, 0.05) is 35.1 Å². The molecule has 0 bridgehead atoms. The van der Waals surface area contributed by atoms with Crippen LogP contribution < -0.4 is 5.32 Å². The van der Waals surface area contributed by atoms with E-state index in [9.17, 15) is 5.11 Å². The average molecular weight is 298 g/mol. The van der Waals surface area contributed by atoms with Crippen LogP contribution in [0.25, 0.3) is 10.9 Å². The average Bonchev–Trinajstić information content (AvgIpc) is 3.10. The molecule has 1 saturated carbocycles. The maximum absolute atomic E-state index is 9.81. The number of aliphatic hydroxyl groups excluding tert-OH is 1. The summed E-state index contributed by atoms with van der Waals surface area (Å²) in [4.78, 5) is 3.57. The molecule has 0 aliphatic heterocycles. The van der Waals surface area contributed by atoms with Crippen LogP contribution in [0.4, 0.5) is 0 Å². The topological polar surface area (TPSA) is 48.0 Å². The molecule has 0 radical (unpaired) electrons. The molecule has 2 aliphatic rings. The molecule has 3 N–H and O–H groups in total. The Kier molecular flexibility index (Phi) is 3.93. The quantitative estimate of drug-likeness (QED) is 0.812. The number of aromatic amines is 1. The van der Waals surface area contributed by atoms with Gasteiger partial charge in [-0.15, -0.1) is 0 Å².